The topological polar surface area (TPSA) is 212 Å². The molecule has 0 unspecified atom stereocenters. The Morgan fingerprint density at radius 2 is 1.59 bits per heavy atom. The fourth-order valence-electron chi connectivity index (χ4n) is 3.37. The van der Waals surface area contributed by atoms with Crippen LogP contribution in [0.3, 0.4) is 0 Å². The Kier molecular flexibility index (Phi) is 11.9. The van der Waals surface area contributed by atoms with Crippen LogP contribution in [0.25, 0.3) is 0 Å². The Bertz CT molecular complexity index is 1500. The van der Waals surface area contributed by atoms with Gasteiger partial charge < -0.3 is 25.6 Å². The Morgan fingerprint density at radius 3 is 2.20 bits per heavy atom. The zero-order valence-corrected chi connectivity index (χ0v) is 22.2. The predicted molar refractivity (Wildman–Crippen MR) is 147 cm³/mol. The van der Waals surface area contributed by atoms with Crippen molar-refractivity contribution in [2.24, 2.45) is 14.1 Å². The van der Waals surface area contributed by atoms with Crippen molar-refractivity contribution < 1.29 is 34.3 Å². The zero-order valence-electron chi connectivity index (χ0n) is 22.2. The van der Waals surface area contributed by atoms with Gasteiger partial charge in [-0.15, -0.1) is 0 Å². The van der Waals surface area contributed by atoms with Crippen LogP contribution in [0, 0.1) is 10.1 Å². The third-order valence-corrected chi connectivity index (χ3v) is 5.53. The normalized spacial score (nSPS) is 10.2. The number of carbonyl (C=O) groups excluding carboxylic acids is 1. The number of ether oxygens (including phenoxy) is 1. The van der Waals surface area contributed by atoms with Gasteiger partial charge in [-0.2, -0.15) is 0 Å². The summed E-state index contributed by atoms with van der Waals surface area (Å²) in [7, 11) is 3.01. The second-order valence-corrected chi connectivity index (χ2v) is 8.39. The molecule has 0 bridgehead atoms. The van der Waals surface area contributed by atoms with Gasteiger partial charge >= 0.3 is 17.6 Å². The Hall–Kier alpha value is -5.31. The monoisotopic (exact) mass is 571 g/mol. The smallest absolute Gasteiger partial charge is 0.414 e. The minimum Gasteiger partial charge on any atom is -0.493 e. The van der Waals surface area contributed by atoms with Gasteiger partial charge in [-0.25, -0.2) is 14.4 Å². The highest BCUT2D eigenvalue weighted by Crippen LogP contribution is 2.27. The molecule has 0 saturated carbocycles. The highest BCUT2D eigenvalue weighted by molar-refractivity contribution is 6.27. The van der Waals surface area contributed by atoms with Crippen LogP contribution in [-0.4, -0.2) is 68.2 Å². The van der Waals surface area contributed by atoms with E-state index in [-0.39, 0.29) is 28.3 Å². The number of hydrogen-bond acceptors (Lipinski definition) is 10. The van der Waals surface area contributed by atoms with Crippen LogP contribution >= 0.6 is 0 Å². The number of carbonyl (C=O) groups is 3. The van der Waals surface area contributed by atoms with E-state index < -0.39 is 22.6 Å². The fourth-order valence-corrected chi connectivity index (χ4v) is 3.37. The van der Waals surface area contributed by atoms with E-state index in [2.05, 4.69) is 10.6 Å². The molecule has 15 nitrogen and oxygen atoms in total. The lowest BCUT2D eigenvalue weighted by Crippen LogP contribution is -2.38. The number of carboxylic acids is 2. The lowest BCUT2D eigenvalue weighted by atomic mass is 10.0. The van der Waals surface area contributed by atoms with Gasteiger partial charge in [0.05, 0.1) is 17.1 Å². The van der Waals surface area contributed by atoms with E-state index in [9.17, 15) is 24.5 Å². The van der Waals surface area contributed by atoms with Crippen molar-refractivity contribution in [1.29, 1.82) is 0 Å². The summed E-state index contributed by atoms with van der Waals surface area (Å²) < 4.78 is 8.17. The molecule has 1 heterocycles. The number of nitro benzene ring substituents is 1. The molecular formula is C26H29N5O10. The van der Waals surface area contributed by atoms with Crippen LogP contribution < -0.4 is 26.6 Å². The summed E-state index contributed by atoms with van der Waals surface area (Å²) in [4.78, 5) is 65.4. The molecular weight excluding hydrogens is 542 g/mol. The Balaban J connectivity index is 0.000000883. The summed E-state index contributed by atoms with van der Waals surface area (Å²) in [6.07, 6.45) is 0.625. The van der Waals surface area contributed by atoms with Crippen molar-refractivity contribution in [2.45, 2.75) is 6.42 Å². The first-order valence-electron chi connectivity index (χ1n) is 12.1. The quantitative estimate of drug-likeness (QED) is 0.0783. The van der Waals surface area contributed by atoms with Crippen LogP contribution in [0.15, 0.2) is 64.2 Å². The third-order valence-electron chi connectivity index (χ3n) is 5.53. The molecule has 0 spiro atoms. The molecule has 1 aromatic heterocycles. The minimum absolute atomic E-state index is 0.141. The molecule has 218 valence electrons. The molecule has 0 amide bonds. The van der Waals surface area contributed by atoms with E-state index in [1.54, 1.807) is 37.4 Å². The van der Waals surface area contributed by atoms with Crippen LogP contribution in [0.4, 0.5) is 11.5 Å². The van der Waals surface area contributed by atoms with Crippen molar-refractivity contribution in [3.05, 3.63) is 96.7 Å². The number of aromatic nitrogens is 2. The highest BCUT2D eigenvalue weighted by Gasteiger charge is 2.19. The highest BCUT2D eigenvalue weighted by atomic mass is 16.6. The molecule has 0 aliphatic carbocycles. The van der Waals surface area contributed by atoms with E-state index in [1.807, 2.05) is 0 Å². The molecule has 2 aromatic carbocycles. The minimum atomic E-state index is -1.82. The molecule has 3 aromatic rings. The van der Waals surface area contributed by atoms with Crippen molar-refractivity contribution >= 4 is 29.2 Å². The van der Waals surface area contributed by atoms with Crippen molar-refractivity contribution in [3.63, 3.8) is 0 Å². The van der Waals surface area contributed by atoms with Crippen molar-refractivity contribution in [3.8, 4) is 5.75 Å². The fraction of sp³-hybridized carbons (Fsp3) is 0.269. The summed E-state index contributed by atoms with van der Waals surface area (Å²) in [5, 5.41) is 32.2. The number of benzene rings is 2. The molecule has 0 saturated heterocycles. The molecule has 3 rings (SSSR count). The average Bonchev–Trinajstić information content (AvgIpc) is 2.96. The number of non-ortho nitro benzene ring substituents is 1. The first-order chi connectivity index (χ1) is 19.4. The summed E-state index contributed by atoms with van der Waals surface area (Å²) in [6, 6.07) is 13.9. The summed E-state index contributed by atoms with van der Waals surface area (Å²) in [6.45, 7) is 2.00. The molecule has 4 N–H and O–H groups in total. The van der Waals surface area contributed by atoms with E-state index in [4.69, 9.17) is 24.5 Å². The van der Waals surface area contributed by atoms with E-state index in [1.165, 1.54) is 35.9 Å². The van der Waals surface area contributed by atoms with Gasteiger partial charge in [0.1, 0.15) is 11.6 Å². The summed E-state index contributed by atoms with van der Waals surface area (Å²) in [5.74, 6) is -3.27. The molecule has 0 fully saturated rings. The van der Waals surface area contributed by atoms with Crippen LogP contribution in [0.5, 0.6) is 5.75 Å². The van der Waals surface area contributed by atoms with Gasteiger partial charge in [0.25, 0.3) is 11.2 Å². The van der Waals surface area contributed by atoms with Gasteiger partial charge in [0.15, 0.2) is 5.78 Å². The average molecular weight is 572 g/mol. The number of nitrogens with one attached hydrogen (secondary N) is 2. The zero-order chi connectivity index (χ0) is 30.5. The van der Waals surface area contributed by atoms with Gasteiger partial charge in [-0.3, -0.25) is 28.8 Å². The van der Waals surface area contributed by atoms with Crippen LogP contribution in [-0.2, 0) is 23.7 Å². The maximum atomic E-state index is 12.9. The third kappa shape index (κ3) is 9.43. The van der Waals surface area contributed by atoms with E-state index >= 15 is 0 Å². The van der Waals surface area contributed by atoms with Gasteiger partial charge in [0, 0.05) is 50.9 Å². The maximum Gasteiger partial charge on any atom is 0.414 e. The van der Waals surface area contributed by atoms with Crippen molar-refractivity contribution in [2.75, 3.05) is 31.6 Å². The number of ketones is 1. The molecule has 0 aliphatic rings. The lowest BCUT2D eigenvalue weighted by molar-refractivity contribution is -0.384. The molecule has 15 heteroatoms. The second kappa shape index (κ2) is 15.3. The van der Waals surface area contributed by atoms with Gasteiger partial charge in [-0.1, -0.05) is 30.3 Å². The number of nitrogens with zero attached hydrogens (tertiary/aromatic N) is 3. The lowest BCUT2D eigenvalue weighted by Gasteiger charge is -2.13. The number of carboxylic acid groups (broad SMARTS) is 2. The van der Waals surface area contributed by atoms with Gasteiger partial charge in [0.2, 0.25) is 0 Å². The standard InChI is InChI=1S/C24H27N5O6.C2H2O4/c1-27-21(16-22(30)28(2)24(27)32)26-13-12-25-11-6-14-35-20-10-9-18(29(33)34)15-19(20)23(31)17-7-4-3-5-8-17;3-1(4)2(5)6/h3-5,7-10,15-16,25-26H,6,11-14H2,1-2H3;(H,3,4)(H,5,6). The summed E-state index contributed by atoms with van der Waals surface area (Å²) >= 11 is 0. The number of nitro groups is 1. The first-order valence-corrected chi connectivity index (χ1v) is 12.1. The second-order valence-electron chi connectivity index (χ2n) is 8.39. The SMILES string of the molecule is Cn1c(NCCNCCCOc2ccc([N+](=O)[O-])cc2C(=O)c2ccccc2)cc(=O)n(C)c1=O.O=C(O)C(=O)O. The number of hydrogen-bond donors (Lipinski definition) is 4. The number of rotatable bonds is 12. The Morgan fingerprint density at radius 1 is 0.927 bits per heavy atom. The van der Waals surface area contributed by atoms with E-state index in [0.717, 1.165) is 4.57 Å². The molecule has 0 atom stereocenters. The molecule has 41 heavy (non-hydrogen) atoms. The van der Waals surface area contributed by atoms with E-state index in [0.29, 0.717) is 44.0 Å². The molecule has 0 radical (unpaired) electrons. The predicted octanol–water partition coefficient (Wildman–Crippen LogP) is 0.849. The van der Waals surface area contributed by atoms with Crippen LogP contribution in [0.1, 0.15) is 22.3 Å². The first kappa shape index (κ1) is 31.9. The van der Waals surface area contributed by atoms with Crippen molar-refractivity contribution in [1.82, 2.24) is 14.5 Å². The maximum absolute atomic E-state index is 12.9. The van der Waals surface area contributed by atoms with Crippen LogP contribution in [0.2, 0.25) is 0 Å². The Labute approximate surface area is 232 Å². The largest absolute Gasteiger partial charge is 0.493 e. The van der Waals surface area contributed by atoms with Gasteiger partial charge in [-0.05, 0) is 19.0 Å². The number of anilines is 1. The summed E-state index contributed by atoms with van der Waals surface area (Å²) in [5.41, 5.74) is -0.402. The number of aliphatic carboxylic acids is 2. The molecule has 0 aliphatic heterocycles.